The average Bonchev–Trinajstić information content (AvgIpc) is 2.44. The summed E-state index contributed by atoms with van der Waals surface area (Å²) >= 11 is 0. The molecule has 21 heavy (non-hydrogen) atoms. The molecule has 0 aliphatic heterocycles. The Bertz CT molecular complexity index is 511. The van der Waals surface area contributed by atoms with E-state index in [0.29, 0.717) is 18.4 Å². The molecule has 0 saturated heterocycles. The zero-order chi connectivity index (χ0) is 16.0. The molecule has 0 fully saturated rings. The van der Waals surface area contributed by atoms with Crippen LogP contribution in [-0.4, -0.2) is 12.9 Å². The number of carbonyl (C=O) groups is 1. The summed E-state index contributed by atoms with van der Waals surface area (Å²) < 4.78 is 6.02. The maximum atomic E-state index is 10.8. The van der Waals surface area contributed by atoms with Crippen molar-refractivity contribution >= 4 is 11.9 Å². The lowest BCUT2D eigenvalue weighted by Gasteiger charge is -2.21. The fourth-order valence-corrected chi connectivity index (χ4v) is 2.29. The molecule has 0 saturated carbocycles. The number of aldehydes is 1. The summed E-state index contributed by atoms with van der Waals surface area (Å²) in [5.41, 5.74) is 4.52. The van der Waals surface area contributed by atoms with Crippen molar-refractivity contribution in [2.24, 2.45) is 0 Å². The van der Waals surface area contributed by atoms with E-state index in [1.54, 1.807) is 6.08 Å². The molecule has 0 heterocycles. The van der Waals surface area contributed by atoms with Gasteiger partial charge in [-0.2, -0.15) is 0 Å². The first kappa shape index (κ1) is 17.5. The van der Waals surface area contributed by atoms with Crippen LogP contribution in [-0.2, 0) is 4.79 Å². The summed E-state index contributed by atoms with van der Waals surface area (Å²) in [6.45, 7) is 13.5. The Balaban J connectivity index is 3.53. The predicted octanol–water partition coefficient (Wildman–Crippen LogP) is 5.32. The molecule has 0 aliphatic carbocycles. The lowest BCUT2D eigenvalue weighted by atomic mass is 9.89. The van der Waals surface area contributed by atoms with Crippen molar-refractivity contribution < 1.29 is 9.53 Å². The van der Waals surface area contributed by atoms with Gasteiger partial charge in [0.25, 0.3) is 0 Å². The first-order chi connectivity index (χ1) is 9.92. The van der Waals surface area contributed by atoms with Gasteiger partial charge in [-0.3, -0.25) is 4.79 Å². The highest BCUT2D eigenvalue weighted by atomic mass is 16.5. The van der Waals surface area contributed by atoms with Crippen molar-refractivity contribution in [3.8, 4) is 5.75 Å². The van der Waals surface area contributed by atoms with Gasteiger partial charge in [0.1, 0.15) is 12.0 Å². The largest absolute Gasteiger partial charge is 0.493 e. The van der Waals surface area contributed by atoms with Gasteiger partial charge in [0, 0.05) is 5.56 Å². The summed E-state index contributed by atoms with van der Waals surface area (Å²) in [6, 6.07) is 4.41. The van der Waals surface area contributed by atoms with Crippen LogP contribution in [0.4, 0.5) is 0 Å². The summed E-state index contributed by atoms with van der Waals surface area (Å²) in [5.74, 6) is 1.77. The zero-order valence-electron chi connectivity index (χ0n) is 14.2. The predicted molar refractivity (Wildman–Crippen MR) is 90.1 cm³/mol. The smallest absolute Gasteiger partial charge is 0.143 e. The average molecular weight is 288 g/mol. The van der Waals surface area contributed by atoms with Crippen molar-refractivity contribution in [3.05, 3.63) is 34.9 Å². The number of allylic oxidation sites excluding steroid dienone is 2. The highest BCUT2D eigenvalue weighted by molar-refractivity contribution is 5.83. The number of ether oxygens (including phenoxy) is 1. The molecule has 0 spiro atoms. The summed E-state index contributed by atoms with van der Waals surface area (Å²) in [4.78, 5) is 10.8. The lowest BCUT2D eigenvalue weighted by Crippen LogP contribution is -2.05. The maximum absolute atomic E-state index is 10.8. The van der Waals surface area contributed by atoms with E-state index in [-0.39, 0.29) is 0 Å². The molecule has 0 aromatic heterocycles. The van der Waals surface area contributed by atoms with E-state index < -0.39 is 0 Å². The van der Waals surface area contributed by atoms with Gasteiger partial charge in [0.15, 0.2) is 0 Å². The Morgan fingerprint density at radius 2 is 1.86 bits per heavy atom. The van der Waals surface area contributed by atoms with Gasteiger partial charge in [-0.1, -0.05) is 40.7 Å². The van der Waals surface area contributed by atoms with E-state index in [0.717, 1.165) is 29.6 Å². The van der Waals surface area contributed by atoms with Crippen LogP contribution < -0.4 is 4.74 Å². The second-order valence-corrected chi connectivity index (χ2v) is 6.13. The quantitative estimate of drug-likeness (QED) is 0.501. The van der Waals surface area contributed by atoms with Gasteiger partial charge in [0.2, 0.25) is 0 Å². The molecule has 0 amide bonds. The SMILES string of the molecule is CCCOc1c(/C(C)=C\C=O)cc(C(C)C)cc1C(C)C. The second kappa shape index (κ2) is 8.02. The number of rotatable bonds is 7. The molecular weight excluding hydrogens is 260 g/mol. The first-order valence-electron chi connectivity index (χ1n) is 7.85. The van der Waals surface area contributed by atoms with E-state index in [9.17, 15) is 4.79 Å². The molecular formula is C19H28O2. The van der Waals surface area contributed by atoms with Crippen molar-refractivity contribution in [2.45, 2.75) is 59.8 Å². The molecule has 2 heteroatoms. The molecule has 0 radical (unpaired) electrons. The first-order valence-corrected chi connectivity index (χ1v) is 7.85. The molecule has 1 aromatic carbocycles. The Kier molecular flexibility index (Phi) is 6.67. The minimum Gasteiger partial charge on any atom is -0.493 e. The summed E-state index contributed by atoms with van der Waals surface area (Å²) in [7, 11) is 0. The molecule has 0 N–H and O–H groups in total. The molecule has 2 nitrogen and oxygen atoms in total. The molecule has 1 rings (SSSR count). The Morgan fingerprint density at radius 3 is 2.33 bits per heavy atom. The summed E-state index contributed by atoms with van der Waals surface area (Å²) in [6.07, 6.45) is 3.43. The number of benzene rings is 1. The zero-order valence-corrected chi connectivity index (χ0v) is 14.2. The van der Waals surface area contributed by atoms with E-state index in [2.05, 4.69) is 46.8 Å². The van der Waals surface area contributed by atoms with Crippen LogP contribution in [0.15, 0.2) is 18.2 Å². The van der Waals surface area contributed by atoms with Crippen LogP contribution in [0.5, 0.6) is 5.75 Å². The third kappa shape index (κ3) is 4.45. The molecule has 0 unspecified atom stereocenters. The van der Waals surface area contributed by atoms with Crippen LogP contribution in [0.3, 0.4) is 0 Å². The third-order valence-corrected chi connectivity index (χ3v) is 3.62. The number of carbonyl (C=O) groups excluding carboxylic acids is 1. The Hall–Kier alpha value is -1.57. The second-order valence-electron chi connectivity index (χ2n) is 6.13. The van der Waals surface area contributed by atoms with Gasteiger partial charge in [-0.05, 0) is 54.0 Å². The molecule has 116 valence electrons. The number of hydrogen-bond acceptors (Lipinski definition) is 2. The van der Waals surface area contributed by atoms with E-state index in [1.165, 1.54) is 11.1 Å². The standard InChI is InChI=1S/C19H28O2/c1-7-10-21-19-17(14(4)5)11-16(13(2)3)12-18(19)15(6)8-9-20/h8-9,11-14H,7,10H2,1-6H3/b15-8-. The van der Waals surface area contributed by atoms with Crippen molar-refractivity contribution in [1.29, 1.82) is 0 Å². The van der Waals surface area contributed by atoms with Crippen LogP contribution in [0, 0.1) is 0 Å². The van der Waals surface area contributed by atoms with Gasteiger partial charge in [-0.15, -0.1) is 0 Å². The Morgan fingerprint density at radius 1 is 1.19 bits per heavy atom. The Labute approximate surface area is 129 Å². The normalized spacial score (nSPS) is 12.1. The molecule has 0 bridgehead atoms. The van der Waals surface area contributed by atoms with Crippen molar-refractivity contribution in [1.82, 2.24) is 0 Å². The van der Waals surface area contributed by atoms with E-state index in [4.69, 9.17) is 4.74 Å². The van der Waals surface area contributed by atoms with Gasteiger partial charge in [0.05, 0.1) is 6.61 Å². The third-order valence-electron chi connectivity index (χ3n) is 3.62. The molecule has 0 aliphatic rings. The van der Waals surface area contributed by atoms with Crippen LogP contribution in [0.2, 0.25) is 0 Å². The highest BCUT2D eigenvalue weighted by Crippen LogP contribution is 2.37. The van der Waals surface area contributed by atoms with Crippen LogP contribution in [0.25, 0.3) is 5.57 Å². The molecule has 0 atom stereocenters. The van der Waals surface area contributed by atoms with Gasteiger partial charge in [-0.25, -0.2) is 0 Å². The summed E-state index contributed by atoms with van der Waals surface area (Å²) in [5, 5.41) is 0. The van der Waals surface area contributed by atoms with Crippen LogP contribution in [0.1, 0.15) is 76.5 Å². The monoisotopic (exact) mass is 288 g/mol. The highest BCUT2D eigenvalue weighted by Gasteiger charge is 2.17. The van der Waals surface area contributed by atoms with Gasteiger partial charge >= 0.3 is 0 Å². The number of hydrogen-bond donors (Lipinski definition) is 0. The topological polar surface area (TPSA) is 26.3 Å². The van der Waals surface area contributed by atoms with Crippen molar-refractivity contribution in [3.63, 3.8) is 0 Å². The minimum atomic E-state index is 0.387. The lowest BCUT2D eigenvalue weighted by molar-refractivity contribution is -0.104. The van der Waals surface area contributed by atoms with E-state index >= 15 is 0 Å². The van der Waals surface area contributed by atoms with Crippen molar-refractivity contribution in [2.75, 3.05) is 6.61 Å². The minimum absolute atomic E-state index is 0.387. The molecule has 1 aromatic rings. The fraction of sp³-hybridized carbons (Fsp3) is 0.526. The van der Waals surface area contributed by atoms with E-state index in [1.807, 2.05) is 6.92 Å². The maximum Gasteiger partial charge on any atom is 0.143 e. The fourth-order valence-electron chi connectivity index (χ4n) is 2.29. The van der Waals surface area contributed by atoms with Gasteiger partial charge < -0.3 is 4.74 Å². The van der Waals surface area contributed by atoms with Crippen LogP contribution >= 0.6 is 0 Å².